The van der Waals surface area contributed by atoms with Crippen LogP contribution in [0, 0.1) is 0 Å². The predicted molar refractivity (Wildman–Crippen MR) is 90.3 cm³/mol. The second-order valence-electron chi connectivity index (χ2n) is 4.34. The van der Waals surface area contributed by atoms with Crippen LogP contribution in [0.5, 0.6) is 0 Å². The fraction of sp³-hybridized carbons (Fsp3) is 0. The Bertz CT molecular complexity index is 806. The number of anilines is 1. The van der Waals surface area contributed by atoms with E-state index >= 15 is 0 Å². The van der Waals surface area contributed by atoms with Gasteiger partial charge in [0.25, 0.3) is 0 Å². The Hall–Kier alpha value is -2.66. The number of amidine groups is 1. The molecule has 0 fully saturated rings. The lowest BCUT2D eigenvalue weighted by Crippen LogP contribution is -2.12. The Labute approximate surface area is 126 Å². The molecule has 2 aromatic heterocycles. The molecule has 0 unspecified atom stereocenters. The van der Waals surface area contributed by atoms with Crippen molar-refractivity contribution in [3.63, 3.8) is 0 Å². The smallest absolute Gasteiger partial charge is 0.143 e. The fourth-order valence-electron chi connectivity index (χ4n) is 2.05. The molecule has 0 aliphatic rings. The Morgan fingerprint density at radius 2 is 2.05 bits per heavy atom. The van der Waals surface area contributed by atoms with E-state index in [2.05, 4.69) is 21.9 Å². The maximum atomic E-state index is 6.18. The number of benzene rings is 1. The zero-order valence-electron chi connectivity index (χ0n) is 11.3. The zero-order valence-corrected chi connectivity index (χ0v) is 12.1. The third-order valence-electron chi connectivity index (χ3n) is 2.95. The van der Waals surface area contributed by atoms with E-state index in [9.17, 15) is 0 Å². The predicted octanol–water partition coefficient (Wildman–Crippen LogP) is 3.89. The molecule has 4 nitrogen and oxygen atoms in total. The average Bonchev–Trinajstić information content (AvgIpc) is 2.88. The number of fused-ring (bicyclic) bond motifs is 1. The maximum absolute atomic E-state index is 6.18. The lowest BCUT2D eigenvalue weighted by atomic mass is 10.2. The first-order valence-electron chi connectivity index (χ1n) is 6.44. The molecule has 5 heteroatoms. The van der Waals surface area contributed by atoms with Crippen molar-refractivity contribution in [2.75, 3.05) is 5.32 Å². The van der Waals surface area contributed by atoms with E-state index in [-0.39, 0.29) is 0 Å². The fourth-order valence-corrected chi connectivity index (χ4v) is 3.06. The van der Waals surface area contributed by atoms with E-state index in [1.165, 1.54) is 11.3 Å². The Morgan fingerprint density at radius 1 is 1.24 bits per heavy atom. The van der Waals surface area contributed by atoms with Crippen molar-refractivity contribution in [1.82, 2.24) is 4.98 Å². The lowest BCUT2D eigenvalue weighted by molar-refractivity contribution is 1.44. The Balaban J connectivity index is 2.13. The molecule has 0 bridgehead atoms. The Kier molecular flexibility index (Phi) is 3.66. The van der Waals surface area contributed by atoms with Gasteiger partial charge in [0.1, 0.15) is 10.7 Å². The first kappa shape index (κ1) is 13.3. The standard InChI is InChI=1S/C16H14N4S/c1-2-18-13-12-9-6-10-19-16(12)21-14(13)15(17)20-11-7-4-3-5-8-11/h2-10,18H,1H2,(H2,17,20). The van der Waals surface area contributed by atoms with Crippen LogP contribution in [0.3, 0.4) is 0 Å². The molecule has 0 aliphatic heterocycles. The van der Waals surface area contributed by atoms with Crippen LogP contribution in [-0.2, 0) is 0 Å². The van der Waals surface area contributed by atoms with E-state index in [4.69, 9.17) is 5.73 Å². The molecule has 2 heterocycles. The highest BCUT2D eigenvalue weighted by Crippen LogP contribution is 2.34. The molecule has 21 heavy (non-hydrogen) atoms. The number of nitrogens with one attached hydrogen (secondary N) is 1. The summed E-state index contributed by atoms with van der Waals surface area (Å²) in [5.74, 6) is 0.466. The molecule has 0 radical (unpaired) electrons. The van der Waals surface area contributed by atoms with Gasteiger partial charge in [-0.15, -0.1) is 11.3 Å². The summed E-state index contributed by atoms with van der Waals surface area (Å²) in [5, 5.41) is 4.16. The van der Waals surface area contributed by atoms with Crippen LogP contribution in [0.2, 0.25) is 0 Å². The summed E-state index contributed by atoms with van der Waals surface area (Å²) < 4.78 is 0. The van der Waals surface area contributed by atoms with Crippen molar-refractivity contribution in [2.45, 2.75) is 0 Å². The third kappa shape index (κ3) is 2.64. The number of aromatic nitrogens is 1. The van der Waals surface area contributed by atoms with Gasteiger partial charge in [0.2, 0.25) is 0 Å². The van der Waals surface area contributed by atoms with Crippen molar-refractivity contribution in [2.24, 2.45) is 10.7 Å². The molecule has 3 aromatic rings. The van der Waals surface area contributed by atoms with Crippen molar-refractivity contribution in [1.29, 1.82) is 0 Å². The van der Waals surface area contributed by atoms with Gasteiger partial charge in [0.05, 0.1) is 16.3 Å². The van der Waals surface area contributed by atoms with E-state index in [1.807, 2.05) is 42.5 Å². The Morgan fingerprint density at radius 3 is 2.81 bits per heavy atom. The van der Waals surface area contributed by atoms with Crippen molar-refractivity contribution in [3.8, 4) is 0 Å². The molecular weight excluding hydrogens is 280 g/mol. The third-order valence-corrected chi connectivity index (χ3v) is 4.09. The summed E-state index contributed by atoms with van der Waals surface area (Å²) in [4.78, 5) is 10.6. The first-order chi connectivity index (χ1) is 10.3. The van der Waals surface area contributed by atoms with Gasteiger partial charge in [0.15, 0.2) is 0 Å². The summed E-state index contributed by atoms with van der Waals surface area (Å²) in [6, 6.07) is 13.5. The van der Waals surface area contributed by atoms with Crippen LogP contribution in [0.1, 0.15) is 4.88 Å². The highest BCUT2D eigenvalue weighted by atomic mass is 32.1. The van der Waals surface area contributed by atoms with Gasteiger partial charge in [0, 0.05) is 11.6 Å². The number of nitrogens with zero attached hydrogens (tertiary/aromatic N) is 2. The first-order valence-corrected chi connectivity index (χ1v) is 7.26. The van der Waals surface area contributed by atoms with Crippen molar-refractivity contribution < 1.29 is 0 Å². The average molecular weight is 294 g/mol. The van der Waals surface area contributed by atoms with Crippen molar-refractivity contribution in [3.05, 3.63) is 66.3 Å². The quantitative estimate of drug-likeness (QED) is 0.567. The number of aliphatic imine (C=N–C) groups is 1. The number of pyridine rings is 1. The van der Waals surface area contributed by atoms with Gasteiger partial charge in [-0.1, -0.05) is 24.8 Å². The van der Waals surface area contributed by atoms with Crippen LogP contribution in [0.4, 0.5) is 11.4 Å². The minimum absolute atomic E-state index is 0.466. The topological polar surface area (TPSA) is 63.3 Å². The van der Waals surface area contributed by atoms with Crippen LogP contribution >= 0.6 is 11.3 Å². The highest BCUT2D eigenvalue weighted by molar-refractivity contribution is 7.21. The molecular formula is C16H14N4S. The minimum atomic E-state index is 0.466. The summed E-state index contributed by atoms with van der Waals surface area (Å²) in [6.45, 7) is 3.72. The molecule has 1 aromatic carbocycles. The van der Waals surface area contributed by atoms with Gasteiger partial charge in [-0.3, -0.25) is 0 Å². The molecule has 0 saturated heterocycles. The maximum Gasteiger partial charge on any atom is 0.143 e. The second-order valence-corrected chi connectivity index (χ2v) is 5.34. The summed E-state index contributed by atoms with van der Waals surface area (Å²) in [7, 11) is 0. The SMILES string of the molecule is C=CNc1c(C(N)=Nc2ccccc2)sc2ncccc12. The second kappa shape index (κ2) is 5.76. The summed E-state index contributed by atoms with van der Waals surface area (Å²) in [6.07, 6.45) is 3.40. The number of thiophene rings is 1. The highest BCUT2D eigenvalue weighted by Gasteiger charge is 2.14. The number of nitrogens with two attached hydrogens (primary N) is 1. The molecule has 3 N–H and O–H groups in total. The molecule has 0 spiro atoms. The van der Waals surface area contributed by atoms with E-state index in [0.29, 0.717) is 5.84 Å². The molecule has 0 aliphatic carbocycles. The van der Waals surface area contributed by atoms with Crippen LogP contribution < -0.4 is 11.1 Å². The molecule has 0 atom stereocenters. The van der Waals surface area contributed by atoms with Crippen LogP contribution in [0.15, 0.2) is 66.4 Å². The minimum Gasteiger partial charge on any atom is -0.382 e. The number of hydrogen-bond acceptors (Lipinski definition) is 4. The van der Waals surface area contributed by atoms with Gasteiger partial charge >= 0.3 is 0 Å². The normalized spacial score (nSPS) is 11.5. The molecule has 104 valence electrons. The van der Waals surface area contributed by atoms with E-state index < -0.39 is 0 Å². The summed E-state index contributed by atoms with van der Waals surface area (Å²) >= 11 is 1.51. The van der Waals surface area contributed by atoms with Gasteiger partial charge in [-0.2, -0.15) is 0 Å². The largest absolute Gasteiger partial charge is 0.382 e. The monoisotopic (exact) mass is 294 g/mol. The van der Waals surface area contributed by atoms with E-state index in [1.54, 1.807) is 12.4 Å². The molecule has 3 rings (SSSR count). The molecule has 0 saturated carbocycles. The number of hydrogen-bond donors (Lipinski definition) is 2. The van der Waals surface area contributed by atoms with E-state index in [0.717, 1.165) is 26.5 Å². The lowest BCUT2D eigenvalue weighted by Gasteiger charge is -2.03. The molecule has 0 amide bonds. The van der Waals surface area contributed by atoms with Gasteiger partial charge in [-0.25, -0.2) is 9.98 Å². The van der Waals surface area contributed by atoms with Crippen LogP contribution in [0.25, 0.3) is 10.2 Å². The zero-order chi connectivity index (χ0) is 14.7. The van der Waals surface area contributed by atoms with Gasteiger partial charge < -0.3 is 11.1 Å². The van der Waals surface area contributed by atoms with Gasteiger partial charge in [-0.05, 0) is 30.5 Å². The number of rotatable bonds is 4. The van der Waals surface area contributed by atoms with Crippen LogP contribution in [-0.4, -0.2) is 10.8 Å². The van der Waals surface area contributed by atoms with Crippen molar-refractivity contribution >= 4 is 38.8 Å². The summed E-state index contributed by atoms with van der Waals surface area (Å²) in [5.41, 5.74) is 7.90. The number of para-hydroxylation sites is 1.